The first-order valence-corrected chi connectivity index (χ1v) is 13.1. The van der Waals surface area contributed by atoms with Crippen molar-refractivity contribution < 1.29 is 13.9 Å². The van der Waals surface area contributed by atoms with Crippen molar-refractivity contribution in [1.82, 2.24) is 30.1 Å². The highest BCUT2D eigenvalue weighted by molar-refractivity contribution is 5.83. The molecule has 2 heterocycles. The molecule has 5 rings (SSSR count). The van der Waals surface area contributed by atoms with Crippen molar-refractivity contribution >= 4 is 10.9 Å². The number of pyridine rings is 1. The molecule has 206 valence electrons. The summed E-state index contributed by atoms with van der Waals surface area (Å²) in [6.45, 7) is 3.35. The third-order valence-corrected chi connectivity index (χ3v) is 6.96. The number of aromatic amines is 1. The van der Waals surface area contributed by atoms with Crippen molar-refractivity contribution in [3.05, 3.63) is 111 Å². The van der Waals surface area contributed by atoms with Gasteiger partial charge in [-0.25, -0.2) is 9.07 Å². The van der Waals surface area contributed by atoms with Crippen LogP contribution in [0.2, 0.25) is 0 Å². The Hall–Kier alpha value is -4.57. The van der Waals surface area contributed by atoms with Gasteiger partial charge in [0.1, 0.15) is 5.82 Å². The van der Waals surface area contributed by atoms with Crippen LogP contribution >= 0.6 is 0 Å². The Morgan fingerprint density at radius 1 is 0.950 bits per heavy atom. The highest BCUT2D eigenvalue weighted by Crippen LogP contribution is 2.32. The fourth-order valence-corrected chi connectivity index (χ4v) is 4.94. The van der Waals surface area contributed by atoms with Crippen LogP contribution in [0.1, 0.15) is 41.9 Å². The van der Waals surface area contributed by atoms with Crippen molar-refractivity contribution in [1.29, 1.82) is 0 Å². The summed E-state index contributed by atoms with van der Waals surface area (Å²) in [5, 5.41) is 13.5. The number of ether oxygens (including phenoxy) is 2. The van der Waals surface area contributed by atoms with Crippen LogP contribution in [0.3, 0.4) is 0 Å². The number of tetrazole rings is 1. The summed E-state index contributed by atoms with van der Waals surface area (Å²) in [5.74, 6) is 1.50. The largest absolute Gasteiger partial charge is 0.493 e. The van der Waals surface area contributed by atoms with Gasteiger partial charge in [-0.2, -0.15) is 0 Å². The van der Waals surface area contributed by atoms with E-state index in [4.69, 9.17) is 9.47 Å². The lowest BCUT2D eigenvalue weighted by atomic mass is 10.1. The van der Waals surface area contributed by atoms with Gasteiger partial charge in [-0.15, -0.1) is 5.10 Å². The second-order valence-electron chi connectivity index (χ2n) is 9.55. The number of nitrogens with zero attached hydrogens (tertiary/aromatic N) is 5. The van der Waals surface area contributed by atoms with Crippen LogP contribution in [-0.4, -0.2) is 44.3 Å². The number of hydrogen-bond acceptors (Lipinski definition) is 7. The van der Waals surface area contributed by atoms with Crippen LogP contribution in [-0.2, 0) is 19.6 Å². The Morgan fingerprint density at radius 3 is 2.38 bits per heavy atom. The molecule has 0 saturated heterocycles. The molecule has 10 heteroatoms. The van der Waals surface area contributed by atoms with Crippen LogP contribution < -0.4 is 15.0 Å². The third kappa shape index (κ3) is 5.86. The van der Waals surface area contributed by atoms with Crippen molar-refractivity contribution in [2.75, 3.05) is 14.2 Å². The number of hydrogen-bond donors (Lipinski definition) is 1. The molecular formula is C30H31FN6O3. The molecule has 1 N–H and O–H groups in total. The molecule has 0 aliphatic carbocycles. The van der Waals surface area contributed by atoms with Crippen LogP contribution in [0.25, 0.3) is 10.9 Å². The molecule has 0 fully saturated rings. The number of aromatic nitrogens is 5. The van der Waals surface area contributed by atoms with E-state index < -0.39 is 0 Å². The van der Waals surface area contributed by atoms with E-state index in [0.717, 1.165) is 16.5 Å². The number of methoxy groups -OCH3 is 2. The van der Waals surface area contributed by atoms with Gasteiger partial charge in [-0.1, -0.05) is 49.4 Å². The van der Waals surface area contributed by atoms with Gasteiger partial charge in [0, 0.05) is 30.1 Å². The van der Waals surface area contributed by atoms with Gasteiger partial charge in [0.2, 0.25) is 0 Å². The predicted octanol–water partition coefficient (Wildman–Crippen LogP) is 4.87. The second-order valence-corrected chi connectivity index (χ2v) is 9.55. The Bertz CT molecular complexity index is 1640. The average Bonchev–Trinajstić information content (AvgIpc) is 3.42. The molecule has 3 aromatic carbocycles. The van der Waals surface area contributed by atoms with Gasteiger partial charge < -0.3 is 14.5 Å². The molecule has 1 atom stereocenters. The second kappa shape index (κ2) is 12.1. The number of halogens is 1. The van der Waals surface area contributed by atoms with E-state index in [2.05, 4.69) is 32.3 Å². The predicted molar refractivity (Wildman–Crippen MR) is 150 cm³/mol. The third-order valence-electron chi connectivity index (χ3n) is 6.96. The van der Waals surface area contributed by atoms with Crippen molar-refractivity contribution in [3.8, 4) is 11.5 Å². The minimum atomic E-state index is -0.301. The smallest absolute Gasteiger partial charge is 0.252 e. The maximum absolute atomic E-state index is 13.7. The molecule has 0 aliphatic rings. The summed E-state index contributed by atoms with van der Waals surface area (Å²) in [6, 6.07) is 21.6. The van der Waals surface area contributed by atoms with E-state index in [1.54, 1.807) is 37.1 Å². The SMILES string of the molecule is CCC(c1nnnn1Cc1ccccc1)N(Cc1ccc(F)cc1)Cc1cc2cc(OC)c(OC)cc2[nH]c1=O. The number of benzene rings is 3. The molecule has 0 spiro atoms. The van der Waals surface area contributed by atoms with Gasteiger partial charge in [-0.05, 0) is 52.2 Å². The molecule has 1 unspecified atom stereocenters. The lowest BCUT2D eigenvalue weighted by Gasteiger charge is -2.30. The van der Waals surface area contributed by atoms with Crippen LogP contribution in [0.4, 0.5) is 4.39 Å². The molecule has 40 heavy (non-hydrogen) atoms. The van der Waals surface area contributed by atoms with E-state index in [0.29, 0.717) is 54.5 Å². The summed E-state index contributed by atoms with van der Waals surface area (Å²) in [7, 11) is 3.13. The minimum Gasteiger partial charge on any atom is -0.493 e. The zero-order valence-electron chi connectivity index (χ0n) is 22.7. The maximum atomic E-state index is 13.7. The summed E-state index contributed by atoms with van der Waals surface area (Å²) in [5.41, 5.74) is 3.00. The zero-order chi connectivity index (χ0) is 28.1. The Labute approximate surface area is 231 Å². The van der Waals surface area contributed by atoms with Gasteiger partial charge in [0.25, 0.3) is 5.56 Å². The molecule has 0 aliphatic heterocycles. The molecule has 0 radical (unpaired) electrons. The van der Waals surface area contributed by atoms with E-state index in [1.807, 2.05) is 42.5 Å². The summed E-state index contributed by atoms with van der Waals surface area (Å²) >= 11 is 0. The van der Waals surface area contributed by atoms with Gasteiger partial charge in [0.05, 0.1) is 32.3 Å². The lowest BCUT2D eigenvalue weighted by molar-refractivity contribution is 0.161. The minimum absolute atomic E-state index is 0.206. The molecular weight excluding hydrogens is 511 g/mol. The number of fused-ring (bicyclic) bond motifs is 1. The topological polar surface area (TPSA) is 98.2 Å². The van der Waals surface area contributed by atoms with Gasteiger partial charge in [-0.3, -0.25) is 9.69 Å². The first kappa shape index (κ1) is 27.0. The van der Waals surface area contributed by atoms with Gasteiger partial charge >= 0.3 is 0 Å². The van der Waals surface area contributed by atoms with E-state index >= 15 is 0 Å². The van der Waals surface area contributed by atoms with E-state index in [9.17, 15) is 9.18 Å². The Morgan fingerprint density at radius 2 is 1.68 bits per heavy atom. The van der Waals surface area contributed by atoms with Crippen molar-refractivity contribution in [2.24, 2.45) is 0 Å². The van der Waals surface area contributed by atoms with Crippen LogP contribution in [0.15, 0.2) is 77.6 Å². The molecule has 0 saturated carbocycles. The number of rotatable bonds is 11. The standard InChI is InChI=1S/C30H31FN6O3/c1-4-26(29-33-34-35-37(29)18-20-8-6-5-7-9-20)36(17-21-10-12-24(31)13-11-21)19-23-14-22-15-27(39-2)28(40-3)16-25(22)32-30(23)38/h5-16,26H,4,17-19H2,1-3H3,(H,32,38). The van der Waals surface area contributed by atoms with Crippen LogP contribution in [0, 0.1) is 5.82 Å². The van der Waals surface area contributed by atoms with Crippen molar-refractivity contribution in [3.63, 3.8) is 0 Å². The molecule has 5 aromatic rings. The first-order chi connectivity index (χ1) is 19.5. The Kier molecular flexibility index (Phi) is 8.16. The van der Waals surface area contributed by atoms with E-state index in [-0.39, 0.29) is 17.4 Å². The van der Waals surface area contributed by atoms with E-state index in [1.165, 1.54) is 12.1 Å². The monoisotopic (exact) mass is 542 g/mol. The Balaban J connectivity index is 1.53. The normalized spacial score (nSPS) is 12.1. The first-order valence-electron chi connectivity index (χ1n) is 13.1. The average molecular weight is 543 g/mol. The summed E-state index contributed by atoms with van der Waals surface area (Å²) in [4.78, 5) is 18.4. The molecule has 2 aromatic heterocycles. The fraction of sp³-hybridized carbons (Fsp3) is 0.267. The van der Waals surface area contributed by atoms with Crippen molar-refractivity contribution in [2.45, 2.75) is 39.0 Å². The van der Waals surface area contributed by atoms with Gasteiger partial charge in [0.15, 0.2) is 17.3 Å². The molecule has 9 nitrogen and oxygen atoms in total. The highest BCUT2D eigenvalue weighted by atomic mass is 19.1. The van der Waals surface area contributed by atoms with Crippen LogP contribution in [0.5, 0.6) is 11.5 Å². The summed E-state index contributed by atoms with van der Waals surface area (Å²) in [6.07, 6.45) is 0.687. The highest BCUT2D eigenvalue weighted by Gasteiger charge is 2.26. The quantitative estimate of drug-likeness (QED) is 0.254. The lowest BCUT2D eigenvalue weighted by Crippen LogP contribution is -2.32. The zero-order valence-corrected chi connectivity index (χ0v) is 22.7. The molecule has 0 bridgehead atoms. The molecule has 0 amide bonds. The maximum Gasteiger partial charge on any atom is 0.252 e. The fourth-order valence-electron chi connectivity index (χ4n) is 4.94. The number of H-pyrrole nitrogens is 1. The number of nitrogens with one attached hydrogen (secondary N) is 1. The summed E-state index contributed by atoms with van der Waals surface area (Å²) < 4.78 is 26.3.